The molecule has 8 heteroatoms. The molecule has 2 rings (SSSR count). The molecule has 1 fully saturated rings. The van der Waals surface area contributed by atoms with E-state index < -0.39 is 10.8 Å². The van der Waals surface area contributed by atoms with Crippen LogP contribution in [0.25, 0.3) is 0 Å². The van der Waals surface area contributed by atoms with Crippen molar-refractivity contribution in [3.63, 3.8) is 0 Å². The predicted octanol–water partition coefficient (Wildman–Crippen LogP) is 0.521. The highest BCUT2D eigenvalue weighted by Gasteiger charge is 2.19. The summed E-state index contributed by atoms with van der Waals surface area (Å²) in [5.74, 6) is -0.705. The van der Waals surface area contributed by atoms with Gasteiger partial charge in [-0.15, -0.1) is 0 Å². The molecule has 20 heavy (non-hydrogen) atoms. The Morgan fingerprint density at radius 2 is 2.30 bits per heavy atom. The third-order valence-corrected chi connectivity index (χ3v) is 2.88. The molecule has 0 aromatic heterocycles. The van der Waals surface area contributed by atoms with Crippen molar-refractivity contribution in [2.75, 3.05) is 31.7 Å². The van der Waals surface area contributed by atoms with Crippen LogP contribution in [0, 0.1) is 10.1 Å². The number of hydrogen-bond donors (Lipinski definition) is 2. The Morgan fingerprint density at radius 3 is 2.90 bits per heavy atom. The highest BCUT2D eigenvalue weighted by molar-refractivity contribution is 5.94. The van der Waals surface area contributed by atoms with Crippen molar-refractivity contribution in [2.45, 2.75) is 6.10 Å². The summed E-state index contributed by atoms with van der Waals surface area (Å²) in [6.45, 7) is 1.90. The van der Waals surface area contributed by atoms with Crippen LogP contribution < -0.4 is 11.1 Å². The molecule has 0 bridgehead atoms. The van der Waals surface area contributed by atoms with E-state index in [1.807, 2.05) is 0 Å². The van der Waals surface area contributed by atoms with Gasteiger partial charge in [0.15, 0.2) is 0 Å². The van der Waals surface area contributed by atoms with Crippen molar-refractivity contribution in [2.24, 2.45) is 5.73 Å². The minimum Gasteiger partial charge on any atom is -0.377 e. The Labute approximate surface area is 115 Å². The van der Waals surface area contributed by atoms with Gasteiger partial charge in [-0.05, 0) is 12.1 Å². The van der Waals surface area contributed by atoms with Crippen LogP contribution >= 0.6 is 0 Å². The first-order chi connectivity index (χ1) is 9.58. The lowest BCUT2D eigenvalue weighted by molar-refractivity contribution is -0.384. The van der Waals surface area contributed by atoms with E-state index in [0.717, 1.165) is 6.07 Å². The van der Waals surface area contributed by atoms with Gasteiger partial charge in [0, 0.05) is 18.2 Å². The second-order valence-electron chi connectivity index (χ2n) is 4.30. The zero-order chi connectivity index (χ0) is 14.5. The lowest BCUT2D eigenvalue weighted by Gasteiger charge is -2.23. The summed E-state index contributed by atoms with van der Waals surface area (Å²) in [7, 11) is 0. The van der Waals surface area contributed by atoms with Gasteiger partial charge in [0.2, 0.25) is 5.91 Å². The van der Waals surface area contributed by atoms with Crippen LogP contribution in [0.15, 0.2) is 18.2 Å². The number of nitrogens with one attached hydrogen (secondary N) is 1. The van der Waals surface area contributed by atoms with Crippen LogP contribution in [0.5, 0.6) is 0 Å². The lowest BCUT2D eigenvalue weighted by Crippen LogP contribution is -2.34. The van der Waals surface area contributed by atoms with Gasteiger partial charge in [0.1, 0.15) is 5.69 Å². The molecule has 108 valence electrons. The third kappa shape index (κ3) is 3.43. The highest BCUT2D eigenvalue weighted by atomic mass is 16.6. The number of carbonyl (C=O) groups excluding carboxylic acids is 1. The molecule has 0 radical (unpaired) electrons. The van der Waals surface area contributed by atoms with Crippen molar-refractivity contribution in [1.82, 2.24) is 0 Å². The molecule has 1 unspecified atom stereocenters. The molecule has 0 saturated carbocycles. The molecule has 1 aliphatic heterocycles. The molecule has 3 N–H and O–H groups in total. The summed E-state index contributed by atoms with van der Waals surface area (Å²) in [5, 5.41) is 13.9. The first-order valence-corrected chi connectivity index (χ1v) is 6.09. The van der Waals surface area contributed by atoms with Gasteiger partial charge in [0.05, 0.1) is 30.8 Å². The molecule has 1 atom stereocenters. The summed E-state index contributed by atoms with van der Waals surface area (Å²) in [6.07, 6.45) is -0.154. The van der Waals surface area contributed by atoms with Gasteiger partial charge >= 0.3 is 0 Å². The Bertz CT molecular complexity index is 514. The number of benzene rings is 1. The molecule has 1 saturated heterocycles. The molecule has 8 nitrogen and oxygen atoms in total. The van der Waals surface area contributed by atoms with Crippen molar-refractivity contribution < 1.29 is 19.2 Å². The maximum Gasteiger partial charge on any atom is 0.293 e. The molecule has 1 aromatic rings. The average molecular weight is 281 g/mol. The first-order valence-electron chi connectivity index (χ1n) is 6.09. The number of anilines is 1. The number of rotatable bonds is 5. The Hall–Kier alpha value is -2.19. The number of carbonyl (C=O) groups is 1. The minimum atomic E-state index is -0.705. The lowest BCUT2D eigenvalue weighted by atomic mass is 10.1. The van der Waals surface area contributed by atoms with Crippen LogP contribution in [-0.2, 0) is 9.47 Å². The standard InChI is InChI=1S/C12H15N3O5/c13-12(16)8-1-2-10(11(5-8)15(17)18)14-6-9-7-19-3-4-20-9/h1-2,5,9,14H,3-4,6-7H2,(H2,13,16). The number of primary amides is 1. The summed E-state index contributed by atoms with van der Waals surface area (Å²) < 4.78 is 10.7. The van der Waals surface area contributed by atoms with E-state index in [1.54, 1.807) is 0 Å². The smallest absolute Gasteiger partial charge is 0.293 e. The monoisotopic (exact) mass is 281 g/mol. The van der Waals surface area contributed by atoms with Crippen molar-refractivity contribution in [3.05, 3.63) is 33.9 Å². The van der Waals surface area contributed by atoms with Crippen LogP contribution in [0.3, 0.4) is 0 Å². The number of amides is 1. The molecule has 1 amide bonds. The summed E-state index contributed by atoms with van der Waals surface area (Å²) in [5.41, 5.74) is 5.32. The van der Waals surface area contributed by atoms with Gasteiger partial charge in [-0.2, -0.15) is 0 Å². The van der Waals surface area contributed by atoms with E-state index in [2.05, 4.69) is 5.32 Å². The largest absolute Gasteiger partial charge is 0.377 e. The van der Waals surface area contributed by atoms with Crippen LogP contribution in [-0.4, -0.2) is 43.3 Å². The molecule has 1 aliphatic rings. The van der Waals surface area contributed by atoms with Crippen molar-refractivity contribution >= 4 is 17.3 Å². The minimum absolute atomic E-state index is 0.0968. The van der Waals surface area contributed by atoms with E-state index in [4.69, 9.17) is 15.2 Å². The van der Waals surface area contributed by atoms with Gasteiger partial charge in [-0.25, -0.2) is 0 Å². The molecule has 0 aliphatic carbocycles. The normalized spacial score (nSPS) is 18.5. The highest BCUT2D eigenvalue weighted by Crippen LogP contribution is 2.25. The third-order valence-electron chi connectivity index (χ3n) is 2.88. The summed E-state index contributed by atoms with van der Waals surface area (Å²) in [4.78, 5) is 21.5. The Kier molecular flexibility index (Phi) is 4.49. The maximum absolute atomic E-state index is 11.0. The van der Waals surface area contributed by atoms with Gasteiger partial charge in [-0.3, -0.25) is 14.9 Å². The van der Waals surface area contributed by atoms with E-state index >= 15 is 0 Å². The number of nitro groups is 1. The Morgan fingerprint density at radius 1 is 1.50 bits per heavy atom. The van der Waals surface area contributed by atoms with E-state index in [1.165, 1.54) is 12.1 Å². The van der Waals surface area contributed by atoms with Crippen molar-refractivity contribution in [3.8, 4) is 0 Å². The quantitative estimate of drug-likeness (QED) is 0.600. The summed E-state index contributed by atoms with van der Waals surface area (Å²) in [6, 6.07) is 4.06. The zero-order valence-corrected chi connectivity index (χ0v) is 10.7. The average Bonchev–Trinajstić information content (AvgIpc) is 2.45. The van der Waals surface area contributed by atoms with E-state index in [-0.39, 0.29) is 17.4 Å². The number of nitrogens with two attached hydrogens (primary N) is 1. The second-order valence-corrected chi connectivity index (χ2v) is 4.30. The first kappa shape index (κ1) is 14.2. The van der Waals surface area contributed by atoms with Crippen LogP contribution in [0.4, 0.5) is 11.4 Å². The molecule has 1 aromatic carbocycles. The molecule has 1 heterocycles. The fourth-order valence-corrected chi connectivity index (χ4v) is 1.86. The molecular weight excluding hydrogens is 266 g/mol. The van der Waals surface area contributed by atoms with Gasteiger partial charge in [0.25, 0.3) is 5.69 Å². The van der Waals surface area contributed by atoms with E-state index in [0.29, 0.717) is 32.1 Å². The van der Waals surface area contributed by atoms with Gasteiger partial charge < -0.3 is 20.5 Å². The number of nitro benzene ring substituents is 1. The number of hydrogen-bond acceptors (Lipinski definition) is 6. The maximum atomic E-state index is 11.0. The van der Waals surface area contributed by atoms with Gasteiger partial charge in [-0.1, -0.05) is 0 Å². The fourth-order valence-electron chi connectivity index (χ4n) is 1.86. The fraction of sp³-hybridized carbons (Fsp3) is 0.417. The van der Waals surface area contributed by atoms with Crippen molar-refractivity contribution in [1.29, 1.82) is 0 Å². The number of nitrogens with zero attached hydrogens (tertiary/aromatic N) is 1. The summed E-state index contributed by atoms with van der Waals surface area (Å²) >= 11 is 0. The topological polar surface area (TPSA) is 117 Å². The number of ether oxygens (including phenoxy) is 2. The zero-order valence-electron chi connectivity index (χ0n) is 10.7. The second kappa shape index (κ2) is 6.31. The predicted molar refractivity (Wildman–Crippen MR) is 70.7 cm³/mol. The van der Waals surface area contributed by atoms with Crippen LogP contribution in [0.1, 0.15) is 10.4 Å². The molecular formula is C12H15N3O5. The van der Waals surface area contributed by atoms with Crippen LogP contribution in [0.2, 0.25) is 0 Å². The Balaban J connectivity index is 2.09. The molecule has 0 spiro atoms. The van der Waals surface area contributed by atoms with E-state index in [9.17, 15) is 14.9 Å². The SMILES string of the molecule is NC(=O)c1ccc(NCC2COCCO2)c([N+](=O)[O-])c1.